The molecule has 2 unspecified atom stereocenters. The van der Waals surface area contributed by atoms with Crippen LogP contribution < -0.4 is 5.73 Å². The molecule has 1 aliphatic heterocycles. The minimum atomic E-state index is 0.289. The van der Waals surface area contributed by atoms with Gasteiger partial charge in [-0.1, -0.05) is 43.2 Å². The van der Waals surface area contributed by atoms with Crippen LogP contribution in [0.3, 0.4) is 0 Å². The van der Waals surface area contributed by atoms with E-state index in [2.05, 4.69) is 35.2 Å². The summed E-state index contributed by atoms with van der Waals surface area (Å²) in [6.45, 7) is 1.16. The Balaban J connectivity index is 1.82. The molecule has 3 rings (SSSR count). The maximum absolute atomic E-state index is 7.76. The molecule has 1 aromatic carbocycles. The van der Waals surface area contributed by atoms with Crippen LogP contribution in [-0.4, -0.2) is 23.3 Å². The molecule has 3 N–H and O–H groups in total. The Labute approximate surface area is 128 Å². The van der Waals surface area contributed by atoms with E-state index < -0.39 is 0 Å². The summed E-state index contributed by atoms with van der Waals surface area (Å²) in [4.78, 5) is 2.66. The summed E-state index contributed by atoms with van der Waals surface area (Å²) >= 11 is 0. The van der Waals surface area contributed by atoms with Crippen molar-refractivity contribution in [1.29, 1.82) is 5.41 Å². The minimum absolute atomic E-state index is 0.289. The lowest BCUT2D eigenvalue weighted by Crippen LogP contribution is -2.39. The van der Waals surface area contributed by atoms with E-state index in [0.29, 0.717) is 18.3 Å². The Morgan fingerprint density at radius 1 is 1.14 bits per heavy atom. The lowest BCUT2D eigenvalue weighted by Gasteiger charge is -2.36. The first-order valence-corrected chi connectivity index (χ1v) is 8.39. The zero-order chi connectivity index (χ0) is 14.7. The summed E-state index contributed by atoms with van der Waals surface area (Å²) in [6, 6.07) is 11.6. The number of hydrogen-bond acceptors (Lipinski definition) is 2. The smallest absolute Gasteiger partial charge is 0.0924 e. The van der Waals surface area contributed by atoms with Crippen LogP contribution in [0, 0.1) is 11.3 Å². The summed E-state index contributed by atoms with van der Waals surface area (Å²) in [7, 11) is 0. The third-order valence-corrected chi connectivity index (χ3v) is 5.28. The summed E-state index contributed by atoms with van der Waals surface area (Å²) in [5.41, 5.74) is 7.07. The topological polar surface area (TPSA) is 53.1 Å². The van der Waals surface area contributed by atoms with Crippen molar-refractivity contribution >= 4 is 5.84 Å². The molecular formula is C18H27N3. The maximum atomic E-state index is 7.76. The predicted octanol–water partition coefficient (Wildman–Crippen LogP) is 3.71. The lowest BCUT2D eigenvalue weighted by molar-refractivity contribution is 0.137. The quantitative estimate of drug-likeness (QED) is 0.640. The van der Waals surface area contributed by atoms with E-state index in [1.54, 1.807) is 0 Å². The second-order valence-corrected chi connectivity index (χ2v) is 6.65. The largest absolute Gasteiger partial charge is 0.388 e. The van der Waals surface area contributed by atoms with Gasteiger partial charge in [0.2, 0.25) is 0 Å². The normalized spacial score (nSPS) is 25.2. The highest BCUT2D eigenvalue weighted by molar-refractivity contribution is 5.77. The summed E-state index contributed by atoms with van der Waals surface area (Å²) < 4.78 is 0. The van der Waals surface area contributed by atoms with Gasteiger partial charge in [0, 0.05) is 18.5 Å². The molecule has 0 radical (unpaired) electrons. The van der Waals surface area contributed by atoms with Crippen molar-refractivity contribution in [2.75, 3.05) is 6.54 Å². The van der Waals surface area contributed by atoms with Crippen molar-refractivity contribution in [3.8, 4) is 0 Å². The van der Waals surface area contributed by atoms with Gasteiger partial charge in [0.15, 0.2) is 0 Å². The van der Waals surface area contributed by atoms with Crippen LogP contribution in [0.5, 0.6) is 0 Å². The SMILES string of the molecule is N=C(N)CC(c1ccccc1)N1CCCC1C1CCCC1. The first-order chi connectivity index (χ1) is 10.3. The summed E-state index contributed by atoms with van der Waals surface area (Å²) in [6.07, 6.45) is 8.86. The number of likely N-dealkylation sites (tertiary alicyclic amines) is 1. The Kier molecular flexibility index (Phi) is 4.59. The molecule has 2 atom stereocenters. The predicted molar refractivity (Wildman–Crippen MR) is 87.4 cm³/mol. The number of amidine groups is 1. The molecule has 114 valence electrons. The molecule has 3 nitrogen and oxygen atoms in total. The van der Waals surface area contributed by atoms with Crippen molar-refractivity contribution in [2.45, 2.75) is 57.0 Å². The summed E-state index contributed by atoms with van der Waals surface area (Å²) in [5.74, 6) is 1.17. The van der Waals surface area contributed by atoms with Crippen LogP contribution in [0.4, 0.5) is 0 Å². The van der Waals surface area contributed by atoms with E-state index in [1.807, 2.05) is 0 Å². The molecule has 21 heavy (non-hydrogen) atoms. The van der Waals surface area contributed by atoms with Crippen molar-refractivity contribution in [2.24, 2.45) is 11.7 Å². The summed E-state index contributed by atoms with van der Waals surface area (Å²) in [5, 5.41) is 7.76. The lowest BCUT2D eigenvalue weighted by atomic mass is 9.93. The molecule has 1 aromatic rings. The van der Waals surface area contributed by atoms with Crippen LogP contribution in [0.25, 0.3) is 0 Å². The van der Waals surface area contributed by atoms with Gasteiger partial charge in [-0.05, 0) is 43.7 Å². The molecule has 0 amide bonds. The van der Waals surface area contributed by atoms with Gasteiger partial charge in [-0.2, -0.15) is 0 Å². The van der Waals surface area contributed by atoms with Gasteiger partial charge in [0.25, 0.3) is 0 Å². The highest BCUT2D eigenvalue weighted by atomic mass is 15.2. The van der Waals surface area contributed by atoms with Crippen LogP contribution in [0.15, 0.2) is 30.3 Å². The average Bonchev–Trinajstić information content (AvgIpc) is 3.16. The number of nitrogens with two attached hydrogens (primary N) is 1. The van der Waals surface area contributed by atoms with Gasteiger partial charge >= 0.3 is 0 Å². The fourth-order valence-electron chi connectivity index (χ4n) is 4.36. The Morgan fingerprint density at radius 3 is 2.52 bits per heavy atom. The molecule has 2 fully saturated rings. The minimum Gasteiger partial charge on any atom is -0.388 e. The monoisotopic (exact) mass is 285 g/mol. The Bertz CT molecular complexity index is 465. The van der Waals surface area contributed by atoms with E-state index >= 15 is 0 Å². The molecule has 1 saturated carbocycles. The molecule has 2 aliphatic rings. The van der Waals surface area contributed by atoms with Gasteiger partial charge in [-0.15, -0.1) is 0 Å². The number of benzene rings is 1. The maximum Gasteiger partial charge on any atom is 0.0924 e. The van der Waals surface area contributed by atoms with Gasteiger partial charge in [-0.25, -0.2) is 0 Å². The third-order valence-electron chi connectivity index (χ3n) is 5.28. The fourth-order valence-corrected chi connectivity index (χ4v) is 4.36. The third kappa shape index (κ3) is 3.29. The molecule has 3 heteroatoms. The van der Waals surface area contributed by atoms with Crippen LogP contribution in [0.2, 0.25) is 0 Å². The number of hydrogen-bond donors (Lipinski definition) is 2. The molecule has 0 aromatic heterocycles. The number of nitrogens with zero attached hydrogens (tertiary/aromatic N) is 1. The number of rotatable bonds is 5. The molecule has 1 heterocycles. The Morgan fingerprint density at radius 2 is 1.86 bits per heavy atom. The van der Waals surface area contributed by atoms with Crippen LogP contribution in [0.1, 0.15) is 56.6 Å². The zero-order valence-corrected chi connectivity index (χ0v) is 12.8. The first-order valence-electron chi connectivity index (χ1n) is 8.39. The van der Waals surface area contributed by atoms with Crippen molar-refractivity contribution < 1.29 is 0 Å². The van der Waals surface area contributed by atoms with Crippen LogP contribution in [-0.2, 0) is 0 Å². The molecule has 0 spiro atoms. The standard InChI is InChI=1S/C18H27N3/c19-18(20)13-17(15-7-2-1-3-8-15)21-12-6-11-16(21)14-9-4-5-10-14/h1-3,7-8,14,16-17H,4-6,9-13H2,(H3,19,20). The highest BCUT2D eigenvalue weighted by Crippen LogP contribution is 2.40. The van der Waals surface area contributed by atoms with E-state index in [1.165, 1.54) is 44.1 Å². The van der Waals surface area contributed by atoms with Crippen molar-refractivity contribution in [3.63, 3.8) is 0 Å². The first kappa shape index (κ1) is 14.6. The molecule has 1 aliphatic carbocycles. The van der Waals surface area contributed by atoms with Crippen LogP contribution >= 0.6 is 0 Å². The Hall–Kier alpha value is -1.35. The van der Waals surface area contributed by atoms with E-state index in [9.17, 15) is 0 Å². The zero-order valence-electron chi connectivity index (χ0n) is 12.8. The van der Waals surface area contributed by atoms with E-state index in [0.717, 1.165) is 12.5 Å². The van der Waals surface area contributed by atoms with Gasteiger partial charge < -0.3 is 5.73 Å². The van der Waals surface area contributed by atoms with Gasteiger partial charge in [-0.3, -0.25) is 10.3 Å². The van der Waals surface area contributed by atoms with Crippen molar-refractivity contribution in [1.82, 2.24) is 4.90 Å². The molecular weight excluding hydrogens is 258 g/mol. The van der Waals surface area contributed by atoms with E-state index in [4.69, 9.17) is 11.1 Å². The average molecular weight is 285 g/mol. The fraction of sp³-hybridized carbons (Fsp3) is 0.611. The number of nitrogens with one attached hydrogen (secondary N) is 1. The van der Waals surface area contributed by atoms with Gasteiger partial charge in [0.1, 0.15) is 0 Å². The molecule has 1 saturated heterocycles. The highest BCUT2D eigenvalue weighted by Gasteiger charge is 2.37. The molecule has 0 bridgehead atoms. The second kappa shape index (κ2) is 6.61. The second-order valence-electron chi connectivity index (χ2n) is 6.65. The van der Waals surface area contributed by atoms with Crippen molar-refractivity contribution in [3.05, 3.63) is 35.9 Å². The van der Waals surface area contributed by atoms with E-state index in [-0.39, 0.29) is 6.04 Å². The van der Waals surface area contributed by atoms with Gasteiger partial charge in [0.05, 0.1) is 5.84 Å².